The van der Waals surface area contributed by atoms with E-state index in [1.165, 1.54) is 6.20 Å². The van der Waals surface area contributed by atoms with Crippen molar-refractivity contribution < 1.29 is 9.59 Å². The van der Waals surface area contributed by atoms with Gasteiger partial charge < -0.3 is 16.0 Å². The lowest BCUT2D eigenvalue weighted by Gasteiger charge is -1.98. The van der Waals surface area contributed by atoms with E-state index in [0.29, 0.717) is 10.8 Å². The number of hydrogen-bond acceptors (Lipinski definition) is 5. The van der Waals surface area contributed by atoms with Crippen molar-refractivity contribution in [2.45, 2.75) is 6.42 Å². The SMILES string of the molecule is NC(=O)c1ncc(NC(=O)Cc2ncc[nH]2)s1. The molecule has 0 aliphatic carbocycles. The van der Waals surface area contributed by atoms with Crippen molar-refractivity contribution in [1.82, 2.24) is 15.0 Å². The largest absolute Gasteiger partial charge is 0.364 e. The number of amides is 2. The van der Waals surface area contributed by atoms with Crippen molar-refractivity contribution >= 4 is 28.2 Å². The lowest BCUT2D eigenvalue weighted by molar-refractivity contribution is -0.115. The fourth-order valence-corrected chi connectivity index (χ4v) is 1.86. The second kappa shape index (κ2) is 4.74. The number of imidazole rings is 1. The van der Waals surface area contributed by atoms with Crippen molar-refractivity contribution in [1.29, 1.82) is 0 Å². The molecule has 4 N–H and O–H groups in total. The highest BCUT2D eigenvalue weighted by molar-refractivity contribution is 7.17. The first-order valence-electron chi connectivity index (χ1n) is 4.69. The van der Waals surface area contributed by atoms with Crippen LogP contribution in [0.25, 0.3) is 0 Å². The van der Waals surface area contributed by atoms with Crippen LogP contribution in [0.5, 0.6) is 0 Å². The maximum atomic E-state index is 11.6. The van der Waals surface area contributed by atoms with Gasteiger partial charge in [-0.1, -0.05) is 11.3 Å². The highest BCUT2D eigenvalue weighted by atomic mass is 32.1. The molecule has 0 spiro atoms. The summed E-state index contributed by atoms with van der Waals surface area (Å²) in [5, 5.41) is 3.25. The van der Waals surface area contributed by atoms with Crippen LogP contribution >= 0.6 is 11.3 Å². The van der Waals surface area contributed by atoms with Crippen LogP contribution < -0.4 is 11.1 Å². The lowest BCUT2D eigenvalue weighted by atomic mass is 10.4. The van der Waals surface area contributed by atoms with Gasteiger partial charge in [0, 0.05) is 12.4 Å². The zero-order valence-corrected chi connectivity index (χ0v) is 9.45. The minimum Gasteiger partial charge on any atom is -0.364 e. The molecule has 0 bridgehead atoms. The number of primary amides is 1. The Morgan fingerprint density at radius 3 is 2.88 bits per heavy atom. The maximum Gasteiger partial charge on any atom is 0.277 e. The summed E-state index contributed by atoms with van der Waals surface area (Å²) < 4.78 is 0. The molecule has 2 aromatic rings. The zero-order valence-electron chi connectivity index (χ0n) is 8.64. The fourth-order valence-electron chi connectivity index (χ4n) is 1.17. The van der Waals surface area contributed by atoms with Crippen LogP contribution in [0.4, 0.5) is 5.00 Å². The number of carbonyl (C=O) groups excluding carboxylic acids is 2. The second-order valence-electron chi connectivity index (χ2n) is 3.15. The number of aromatic amines is 1. The van der Waals surface area contributed by atoms with E-state index in [1.54, 1.807) is 12.4 Å². The van der Waals surface area contributed by atoms with Crippen molar-refractivity contribution in [3.05, 3.63) is 29.4 Å². The molecule has 0 fully saturated rings. The normalized spacial score (nSPS) is 10.1. The summed E-state index contributed by atoms with van der Waals surface area (Å²) in [6.45, 7) is 0. The average molecular weight is 251 g/mol. The molecule has 0 aliphatic heterocycles. The minimum absolute atomic E-state index is 0.136. The van der Waals surface area contributed by atoms with Gasteiger partial charge in [0.15, 0.2) is 5.01 Å². The van der Waals surface area contributed by atoms with Crippen molar-refractivity contribution in [3.63, 3.8) is 0 Å². The molecule has 2 heterocycles. The van der Waals surface area contributed by atoms with E-state index in [9.17, 15) is 9.59 Å². The van der Waals surface area contributed by atoms with Gasteiger partial charge in [0.1, 0.15) is 10.8 Å². The first-order valence-corrected chi connectivity index (χ1v) is 5.50. The van der Waals surface area contributed by atoms with Gasteiger partial charge in [-0.15, -0.1) is 0 Å². The van der Waals surface area contributed by atoms with E-state index in [4.69, 9.17) is 5.73 Å². The monoisotopic (exact) mass is 251 g/mol. The van der Waals surface area contributed by atoms with Gasteiger partial charge in [0.2, 0.25) is 5.91 Å². The molecular weight excluding hydrogens is 242 g/mol. The molecule has 8 heteroatoms. The van der Waals surface area contributed by atoms with Crippen molar-refractivity contribution in [3.8, 4) is 0 Å². The summed E-state index contributed by atoms with van der Waals surface area (Å²) in [4.78, 5) is 32.9. The van der Waals surface area contributed by atoms with E-state index in [0.717, 1.165) is 11.3 Å². The molecule has 2 amide bonds. The lowest BCUT2D eigenvalue weighted by Crippen LogP contribution is -2.14. The van der Waals surface area contributed by atoms with Crippen molar-refractivity contribution in [2.24, 2.45) is 5.73 Å². The van der Waals surface area contributed by atoms with Crippen LogP contribution in [-0.4, -0.2) is 26.8 Å². The molecule has 0 saturated heterocycles. The number of carbonyl (C=O) groups is 2. The molecule has 17 heavy (non-hydrogen) atoms. The smallest absolute Gasteiger partial charge is 0.277 e. The van der Waals surface area contributed by atoms with Gasteiger partial charge in [0.05, 0.1) is 12.6 Å². The highest BCUT2D eigenvalue weighted by Crippen LogP contribution is 2.18. The van der Waals surface area contributed by atoms with Crippen LogP contribution in [0.15, 0.2) is 18.6 Å². The predicted octanol–water partition coefficient (Wildman–Crippen LogP) is 0.146. The topological polar surface area (TPSA) is 114 Å². The number of nitrogens with zero attached hydrogens (tertiary/aromatic N) is 2. The first-order chi connectivity index (χ1) is 8.15. The number of rotatable bonds is 4. The van der Waals surface area contributed by atoms with Crippen molar-refractivity contribution in [2.75, 3.05) is 5.32 Å². The van der Waals surface area contributed by atoms with E-state index >= 15 is 0 Å². The molecule has 2 aromatic heterocycles. The summed E-state index contributed by atoms with van der Waals surface area (Å²) >= 11 is 1.03. The van der Waals surface area contributed by atoms with Crippen LogP contribution in [-0.2, 0) is 11.2 Å². The number of anilines is 1. The fraction of sp³-hybridized carbons (Fsp3) is 0.111. The maximum absolute atomic E-state index is 11.6. The predicted molar refractivity (Wildman–Crippen MR) is 61.6 cm³/mol. The zero-order chi connectivity index (χ0) is 12.3. The van der Waals surface area contributed by atoms with Gasteiger partial charge in [-0.25, -0.2) is 9.97 Å². The third-order valence-corrected chi connectivity index (χ3v) is 2.79. The highest BCUT2D eigenvalue weighted by Gasteiger charge is 2.10. The van der Waals surface area contributed by atoms with E-state index in [1.807, 2.05) is 0 Å². The number of hydrogen-bond donors (Lipinski definition) is 3. The Morgan fingerprint density at radius 1 is 1.47 bits per heavy atom. The summed E-state index contributed by atoms with van der Waals surface area (Å²) in [7, 11) is 0. The summed E-state index contributed by atoms with van der Waals surface area (Å²) in [5.74, 6) is -0.275. The van der Waals surface area contributed by atoms with Gasteiger partial charge in [-0.3, -0.25) is 9.59 Å². The number of thiazole rings is 1. The molecule has 0 aromatic carbocycles. The van der Waals surface area contributed by atoms with Crippen LogP contribution in [0.3, 0.4) is 0 Å². The summed E-state index contributed by atoms with van der Waals surface area (Å²) in [6.07, 6.45) is 4.74. The Morgan fingerprint density at radius 2 is 2.29 bits per heavy atom. The Hall–Kier alpha value is -2.22. The average Bonchev–Trinajstić information content (AvgIpc) is 2.88. The summed E-state index contributed by atoms with van der Waals surface area (Å²) in [6, 6.07) is 0. The van der Waals surface area contributed by atoms with Gasteiger partial charge >= 0.3 is 0 Å². The third kappa shape index (κ3) is 2.88. The van der Waals surface area contributed by atoms with E-state index in [-0.39, 0.29) is 17.3 Å². The first kappa shape index (κ1) is 11.3. The number of aromatic nitrogens is 3. The molecule has 7 nitrogen and oxygen atoms in total. The van der Waals surface area contributed by atoms with Crippen LogP contribution in [0.1, 0.15) is 15.6 Å². The van der Waals surface area contributed by atoms with Crippen LogP contribution in [0, 0.1) is 0 Å². The molecular formula is C9H9N5O2S. The number of H-pyrrole nitrogens is 1. The standard InChI is InChI=1S/C9H9N5O2S/c10-8(16)9-13-4-7(17-9)14-6(15)3-5-11-1-2-12-5/h1-2,4H,3H2,(H2,10,16)(H,11,12)(H,14,15). The Kier molecular flexibility index (Phi) is 3.15. The third-order valence-electron chi connectivity index (χ3n) is 1.86. The number of nitrogens with one attached hydrogen (secondary N) is 2. The van der Waals surface area contributed by atoms with E-state index < -0.39 is 5.91 Å². The molecule has 0 atom stereocenters. The molecule has 88 valence electrons. The van der Waals surface area contributed by atoms with Gasteiger partial charge in [-0.2, -0.15) is 0 Å². The second-order valence-corrected chi connectivity index (χ2v) is 4.19. The van der Waals surface area contributed by atoms with E-state index in [2.05, 4.69) is 20.3 Å². The van der Waals surface area contributed by atoms with Gasteiger partial charge in [-0.05, 0) is 0 Å². The Labute approximate surface area is 100 Å². The molecule has 0 saturated carbocycles. The molecule has 0 radical (unpaired) electrons. The molecule has 0 unspecified atom stereocenters. The Bertz CT molecular complexity index is 533. The summed E-state index contributed by atoms with van der Waals surface area (Å²) in [5.41, 5.74) is 5.05. The van der Waals surface area contributed by atoms with Gasteiger partial charge in [0.25, 0.3) is 5.91 Å². The molecule has 2 rings (SSSR count). The minimum atomic E-state index is -0.610. The Balaban J connectivity index is 1.96. The molecule has 0 aliphatic rings. The quantitative estimate of drug-likeness (QED) is 0.717. The number of nitrogens with two attached hydrogens (primary N) is 1. The van der Waals surface area contributed by atoms with Crippen LogP contribution in [0.2, 0.25) is 0 Å².